The van der Waals surface area contributed by atoms with Gasteiger partial charge in [0.05, 0.1) is 6.61 Å². The molecule has 0 unspecified atom stereocenters. The van der Waals surface area contributed by atoms with Gasteiger partial charge in [0.15, 0.2) is 0 Å². The molecule has 0 atom stereocenters. The van der Waals surface area contributed by atoms with Crippen molar-refractivity contribution in [3.05, 3.63) is 35.4 Å². The molecule has 0 aliphatic carbocycles. The Kier molecular flexibility index (Phi) is 3.56. The first-order valence-electron chi connectivity index (χ1n) is 4.25. The van der Waals surface area contributed by atoms with Crippen molar-refractivity contribution in [1.82, 2.24) is 0 Å². The zero-order chi connectivity index (χ0) is 10.6. The summed E-state index contributed by atoms with van der Waals surface area (Å²) < 4.78 is 29.5. The summed E-state index contributed by atoms with van der Waals surface area (Å²) >= 11 is 0. The smallest absolute Gasteiger partial charge is 0.263 e. The molecule has 0 heterocycles. The van der Waals surface area contributed by atoms with E-state index in [4.69, 9.17) is 10.1 Å². The lowest BCUT2D eigenvalue weighted by molar-refractivity contribution is 0.151. The van der Waals surface area contributed by atoms with Gasteiger partial charge in [-0.15, -0.1) is 0 Å². The fourth-order valence-electron chi connectivity index (χ4n) is 1.04. The Balaban J connectivity index is 2.88. The number of rotatable bonds is 3. The van der Waals surface area contributed by atoms with E-state index in [9.17, 15) is 8.78 Å². The predicted molar refractivity (Wildman–Crippen MR) is 49.9 cm³/mol. The minimum Gasteiger partial charge on any atom is -0.478 e. The van der Waals surface area contributed by atoms with Gasteiger partial charge in [-0.1, -0.05) is 12.1 Å². The van der Waals surface area contributed by atoms with Crippen molar-refractivity contribution < 1.29 is 13.5 Å². The fraction of sp³-hybridized carbons (Fsp3) is 0.300. The molecular weight excluding hydrogens is 188 g/mol. The van der Waals surface area contributed by atoms with Crippen LogP contribution < -0.4 is 0 Å². The largest absolute Gasteiger partial charge is 0.478 e. The fourth-order valence-corrected chi connectivity index (χ4v) is 1.04. The summed E-state index contributed by atoms with van der Waals surface area (Å²) in [6, 6.07) is 5.66. The number of hydrogen-bond acceptors (Lipinski definition) is 2. The first-order valence-corrected chi connectivity index (χ1v) is 4.25. The van der Waals surface area contributed by atoms with Gasteiger partial charge >= 0.3 is 0 Å². The van der Waals surface area contributed by atoms with Gasteiger partial charge < -0.3 is 4.74 Å². The molecule has 0 saturated heterocycles. The molecule has 0 radical (unpaired) electrons. The number of halogens is 2. The van der Waals surface area contributed by atoms with Crippen molar-refractivity contribution in [3.8, 4) is 0 Å². The van der Waals surface area contributed by atoms with Gasteiger partial charge in [0, 0.05) is 11.1 Å². The van der Waals surface area contributed by atoms with Gasteiger partial charge in [0.1, 0.15) is 0 Å². The lowest BCUT2D eigenvalue weighted by Crippen LogP contribution is -2.05. The van der Waals surface area contributed by atoms with Crippen LogP contribution in [0.3, 0.4) is 0 Å². The van der Waals surface area contributed by atoms with Crippen molar-refractivity contribution in [2.75, 3.05) is 6.61 Å². The predicted octanol–water partition coefficient (Wildman–Crippen LogP) is 2.99. The molecular formula is C10H11F2NO. The molecule has 0 spiro atoms. The Labute approximate surface area is 81.0 Å². The molecule has 0 amide bonds. The van der Waals surface area contributed by atoms with Gasteiger partial charge in [-0.3, -0.25) is 5.41 Å². The quantitative estimate of drug-likeness (QED) is 0.589. The van der Waals surface area contributed by atoms with Crippen LogP contribution in [-0.4, -0.2) is 12.5 Å². The van der Waals surface area contributed by atoms with Crippen LogP contribution in [0.4, 0.5) is 8.78 Å². The molecule has 0 fully saturated rings. The molecule has 1 aromatic rings. The second-order valence-corrected chi connectivity index (χ2v) is 2.69. The monoisotopic (exact) mass is 199 g/mol. The maximum atomic E-state index is 12.3. The summed E-state index contributed by atoms with van der Waals surface area (Å²) in [7, 11) is 0. The van der Waals surface area contributed by atoms with Crippen molar-refractivity contribution >= 4 is 5.90 Å². The second kappa shape index (κ2) is 4.69. The minimum absolute atomic E-state index is 0.0741. The van der Waals surface area contributed by atoms with E-state index in [1.54, 1.807) is 13.0 Å². The summed E-state index contributed by atoms with van der Waals surface area (Å²) in [6.45, 7) is 2.10. The van der Waals surface area contributed by atoms with Crippen molar-refractivity contribution in [2.45, 2.75) is 13.3 Å². The van der Waals surface area contributed by atoms with Crippen LogP contribution >= 0.6 is 0 Å². The molecule has 0 aliphatic heterocycles. The van der Waals surface area contributed by atoms with Crippen LogP contribution in [0.5, 0.6) is 0 Å². The van der Waals surface area contributed by atoms with Crippen molar-refractivity contribution in [2.24, 2.45) is 0 Å². The average Bonchev–Trinajstić information content (AvgIpc) is 2.18. The Bertz CT molecular complexity index is 326. The highest BCUT2D eigenvalue weighted by Gasteiger charge is 2.09. The van der Waals surface area contributed by atoms with Crippen LogP contribution in [0.2, 0.25) is 0 Å². The molecule has 4 heteroatoms. The van der Waals surface area contributed by atoms with Crippen molar-refractivity contribution in [1.29, 1.82) is 5.41 Å². The maximum absolute atomic E-state index is 12.3. The zero-order valence-electron chi connectivity index (χ0n) is 7.76. The third-order valence-electron chi connectivity index (χ3n) is 1.69. The summed E-state index contributed by atoms with van der Waals surface area (Å²) in [4.78, 5) is 0. The van der Waals surface area contributed by atoms with E-state index in [2.05, 4.69) is 0 Å². The summed E-state index contributed by atoms with van der Waals surface area (Å²) in [5.74, 6) is -0.0741. The van der Waals surface area contributed by atoms with Crippen LogP contribution in [-0.2, 0) is 4.74 Å². The lowest BCUT2D eigenvalue weighted by atomic mass is 10.1. The lowest BCUT2D eigenvalue weighted by Gasteiger charge is -2.06. The molecule has 76 valence electrons. The Morgan fingerprint density at radius 3 is 2.79 bits per heavy atom. The SMILES string of the molecule is CCOC(=N)c1cccc(C(F)F)c1. The molecule has 2 nitrogen and oxygen atoms in total. The number of ether oxygens (including phenoxy) is 1. The van der Waals surface area contributed by atoms with Gasteiger partial charge in [0.25, 0.3) is 6.43 Å². The van der Waals surface area contributed by atoms with Gasteiger partial charge in [-0.2, -0.15) is 0 Å². The maximum Gasteiger partial charge on any atom is 0.263 e. The Morgan fingerprint density at radius 2 is 2.21 bits per heavy atom. The topological polar surface area (TPSA) is 33.1 Å². The third kappa shape index (κ3) is 2.52. The average molecular weight is 199 g/mol. The first-order chi connectivity index (χ1) is 6.65. The van der Waals surface area contributed by atoms with E-state index >= 15 is 0 Å². The number of hydrogen-bond donors (Lipinski definition) is 1. The van der Waals surface area contributed by atoms with Crippen LogP contribution in [0.25, 0.3) is 0 Å². The highest BCUT2D eigenvalue weighted by Crippen LogP contribution is 2.19. The van der Waals surface area contributed by atoms with Crippen LogP contribution in [0.1, 0.15) is 24.5 Å². The molecule has 14 heavy (non-hydrogen) atoms. The highest BCUT2D eigenvalue weighted by atomic mass is 19.3. The van der Waals surface area contributed by atoms with E-state index in [0.717, 1.165) is 0 Å². The third-order valence-corrected chi connectivity index (χ3v) is 1.69. The molecule has 0 aromatic heterocycles. The summed E-state index contributed by atoms with van der Waals surface area (Å²) in [5, 5.41) is 7.40. The summed E-state index contributed by atoms with van der Waals surface area (Å²) in [6.07, 6.45) is -2.51. The van der Waals surface area contributed by atoms with E-state index in [1.165, 1.54) is 18.2 Å². The van der Waals surface area contributed by atoms with E-state index in [0.29, 0.717) is 12.2 Å². The van der Waals surface area contributed by atoms with Crippen LogP contribution in [0, 0.1) is 5.41 Å². The zero-order valence-corrected chi connectivity index (χ0v) is 7.76. The minimum atomic E-state index is -2.51. The van der Waals surface area contributed by atoms with Crippen LogP contribution in [0.15, 0.2) is 24.3 Å². The van der Waals surface area contributed by atoms with E-state index in [1.807, 2.05) is 0 Å². The molecule has 0 aliphatic rings. The van der Waals surface area contributed by atoms with E-state index in [-0.39, 0.29) is 11.5 Å². The standard InChI is InChI=1S/C10H11F2NO/c1-2-14-10(13)8-5-3-4-7(6-8)9(11)12/h3-6,9,13H,2H2,1H3. The molecule has 0 bridgehead atoms. The molecule has 1 N–H and O–H groups in total. The van der Waals surface area contributed by atoms with Crippen molar-refractivity contribution in [3.63, 3.8) is 0 Å². The Morgan fingerprint density at radius 1 is 1.50 bits per heavy atom. The van der Waals surface area contributed by atoms with Gasteiger partial charge in [-0.05, 0) is 19.1 Å². The number of benzene rings is 1. The normalized spacial score (nSPS) is 10.3. The molecule has 0 saturated carbocycles. The number of alkyl halides is 2. The molecule has 1 rings (SSSR count). The van der Waals surface area contributed by atoms with Gasteiger partial charge in [-0.25, -0.2) is 8.78 Å². The summed E-state index contributed by atoms with van der Waals surface area (Å²) in [5.41, 5.74) is 0.289. The number of nitrogens with one attached hydrogen (secondary N) is 1. The van der Waals surface area contributed by atoms with E-state index < -0.39 is 6.43 Å². The first kappa shape index (κ1) is 10.6. The highest BCUT2D eigenvalue weighted by molar-refractivity contribution is 5.91. The van der Waals surface area contributed by atoms with Gasteiger partial charge in [0.2, 0.25) is 5.90 Å². The molecule has 1 aromatic carbocycles. The Hall–Kier alpha value is -1.45. The second-order valence-electron chi connectivity index (χ2n) is 2.69.